The summed E-state index contributed by atoms with van der Waals surface area (Å²) < 4.78 is 3.71. The first-order valence-electron chi connectivity index (χ1n) is 7.74. The highest BCUT2D eigenvalue weighted by atomic mass is 32.1. The Morgan fingerprint density at radius 3 is 3.22 bits per heavy atom. The maximum atomic E-state index is 12.5. The molecule has 23 heavy (non-hydrogen) atoms. The highest BCUT2D eigenvalue weighted by molar-refractivity contribution is 7.15. The molecule has 0 aromatic carbocycles. The van der Waals surface area contributed by atoms with E-state index in [0.29, 0.717) is 5.92 Å². The fourth-order valence-corrected chi connectivity index (χ4v) is 4.19. The van der Waals surface area contributed by atoms with E-state index >= 15 is 0 Å². The van der Waals surface area contributed by atoms with Gasteiger partial charge in [-0.15, -0.1) is 11.3 Å². The fourth-order valence-electron chi connectivity index (χ4n) is 3.24. The van der Waals surface area contributed by atoms with Crippen LogP contribution in [0.15, 0.2) is 24.2 Å². The molecule has 1 amide bonds. The smallest absolute Gasteiger partial charge is 0.244 e. The molecule has 3 aromatic heterocycles. The largest absolute Gasteiger partial charge is 0.340 e. The van der Waals surface area contributed by atoms with Crippen molar-refractivity contribution in [2.75, 3.05) is 13.1 Å². The first-order chi connectivity index (χ1) is 11.2. The molecular formula is C15H18N6OS. The topological polar surface area (TPSA) is 68.3 Å². The van der Waals surface area contributed by atoms with Gasteiger partial charge in [-0.1, -0.05) is 0 Å². The van der Waals surface area contributed by atoms with Crippen LogP contribution in [0.2, 0.25) is 0 Å². The lowest BCUT2D eigenvalue weighted by Crippen LogP contribution is -2.41. The van der Waals surface area contributed by atoms with Gasteiger partial charge in [0.2, 0.25) is 5.91 Å². The molecule has 0 unspecified atom stereocenters. The third kappa shape index (κ3) is 2.63. The minimum atomic E-state index is 0.0959. The molecule has 4 heterocycles. The van der Waals surface area contributed by atoms with Crippen molar-refractivity contribution in [2.45, 2.75) is 32.2 Å². The monoisotopic (exact) mass is 330 g/mol. The Balaban J connectivity index is 1.52. The summed E-state index contributed by atoms with van der Waals surface area (Å²) in [6.07, 6.45) is 7.18. The van der Waals surface area contributed by atoms with E-state index in [1.807, 2.05) is 11.8 Å². The Hall–Kier alpha value is -2.22. The fraction of sp³-hybridized carbons (Fsp3) is 0.467. The van der Waals surface area contributed by atoms with Crippen LogP contribution in [-0.4, -0.2) is 48.0 Å². The van der Waals surface area contributed by atoms with E-state index in [1.54, 1.807) is 22.3 Å². The molecule has 1 atom stereocenters. The van der Waals surface area contributed by atoms with E-state index in [-0.39, 0.29) is 12.5 Å². The maximum absolute atomic E-state index is 12.5. The van der Waals surface area contributed by atoms with E-state index in [2.05, 4.69) is 26.1 Å². The van der Waals surface area contributed by atoms with Crippen LogP contribution in [0.5, 0.6) is 0 Å². The van der Waals surface area contributed by atoms with Gasteiger partial charge in [-0.3, -0.25) is 9.20 Å². The van der Waals surface area contributed by atoms with Crippen LogP contribution in [-0.2, 0) is 11.3 Å². The predicted octanol–water partition coefficient (Wildman–Crippen LogP) is 1.70. The van der Waals surface area contributed by atoms with Crippen LogP contribution in [0.25, 0.3) is 4.83 Å². The number of thiazole rings is 1. The van der Waals surface area contributed by atoms with E-state index in [9.17, 15) is 4.79 Å². The molecule has 120 valence electrons. The SMILES string of the molecule is Cc1nc([C@H]2CCCN(C(=O)Cn3cncn3)C2)c2sccn12. The van der Waals surface area contributed by atoms with Gasteiger partial charge in [0.1, 0.15) is 29.9 Å². The van der Waals surface area contributed by atoms with E-state index in [0.717, 1.165) is 37.4 Å². The standard InChI is InChI=1S/C15H18N6OS/c1-11-18-14(15-21(11)5-6-23-15)12-3-2-4-19(7-12)13(22)8-20-10-16-9-17-20/h5-6,9-10,12H,2-4,7-8H2,1H3/t12-/m0/s1. The molecule has 0 N–H and O–H groups in total. The van der Waals surface area contributed by atoms with Crippen molar-refractivity contribution >= 4 is 22.1 Å². The van der Waals surface area contributed by atoms with Crippen molar-refractivity contribution in [1.29, 1.82) is 0 Å². The molecule has 1 aliphatic heterocycles. The molecule has 0 bridgehead atoms. The number of carbonyl (C=O) groups excluding carboxylic acids is 1. The van der Waals surface area contributed by atoms with Crippen LogP contribution in [0.3, 0.4) is 0 Å². The number of carbonyl (C=O) groups is 1. The number of hydrogen-bond acceptors (Lipinski definition) is 5. The van der Waals surface area contributed by atoms with Gasteiger partial charge < -0.3 is 4.90 Å². The van der Waals surface area contributed by atoms with Crippen LogP contribution < -0.4 is 0 Å². The second-order valence-corrected chi connectivity index (χ2v) is 6.79. The zero-order valence-corrected chi connectivity index (χ0v) is 13.7. The van der Waals surface area contributed by atoms with Gasteiger partial charge in [0.15, 0.2) is 0 Å². The number of piperidine rings is 1. The third-order valence-electron chi connectivity index (χ3n) is 4.38. The van der Waals surface area contributed by atoms with Gasteiger partial charge in [0, 0.05) is 30.6 Å². The van der Waals surface area contributed by atoms with Gasteiger partial charge in [-0.25, -0.2) is 14.6 Å². The van der Waals surface area contributed by atoms with Crippen molar-refractivity contribution < 1.29 is 4.79 Å². The average Bonchev–Trinajstić information content (AvgIpc) is 3.27. The van der Waals surface area contributed by atoms with Gasteiger partial charge >= 0.3 is 0 Å². The second-order valence-electron chi connectivity index (χ2n) is 5.89. The molecule has 0 spiro atoms. The van der Waals surface area contributed by atoms with E-state index in [4.69, 9.17) is 4.98 Å². The lowest BCUT2D eigenvalue weighted by molar-refractivity contribution is -0.133. The number of rotatable bonds is 3. The molecule has 1 fully saturated rings. The third-order valence-corrected chi connectivity index (χ3v) is 5.27. The van der Waals surface area contributed by atoms with Crippen LogP contribution in [0.1, 0.15) is 30.3 Å². The average molecular weight is 330 g/mol. The maximum Gasteiger partial charge on any atom is 0.244 e. The molecule has 1 aliphatic rings. The van der Waals surface area contributed by atoms with Gasteiger partial charge in [-0.2, -0.15) is 5.10 Å². The molecule has 3 aromatic rings. The highest BCUT2D eigenvalue weighted by Crippen LogP contribution is 2.31. The number of amides is 1. The zero-order chi connectivity index (χ0) is 15.8. The Morgan fingerprint density at radius 2 is 2.39 bits per heavy atom. The van der Waals surface area contributed by atoms with Gasteiger partial charge in [0.25, 0.3) is 0 Å². The summed E-state index contributed by atoms with van der Waals surface area (Å²) in [5, 5.41) is 6.10. The summed E-state index contributed by atoms with van der Waals surface area (Å²) in [7, 11) is 0. The molecule has 0 saturated carbocycles. The number of hydrogen-bond donors (Lipinski definition) is 0. The van der Waals surface area contributed by atoms with E-state index in [1.165, 1.54) is 11.2 Å². The lowest BCUT2D eigenvalue weighted by Gasteiger charge is -2.32. The van der Waals surface area contributed by atoms with Crippen molar-refractivity contribution in [2.24, 2.45) is 0 Å². The summed E-state index contributed by atoms with van der Waals surface area (Å²) in [6.45, 7) is 3.82. The first-order valence-corrected chi connectivity index (χ1v) is 8.62. The molecule has 1 saturated heterocycles. The Bertz CT molecular complexity index is 820. The van der Waals surface area contributed by atoms with Gasteiger partial charge in [0.05, 0.1) is 5.69 Å². The van der Waals surface area contributed by atoms with Crippen LogP contribution >= 0.6 is 11.3 Å². The summed E-state index contributed by atoms with van der Waals surface area (Å²) in [5.41, 5.74) is 1.13. The summed E-state index contributed by atoms with van der Waals surface area (Å²) in [4.78, 5) is 24.3. The number of imidazole rings is 1. The molecular weight excluding hydrogens is 312 g/mol. The molecule has 8 heteroatoms. The number of fused-ring (bicyclic) bond motifs is 1. The van der Waals surface area contributed by atoms with Gasteiger partial charge in [-0.05, 0) is 19.8 Å². The van der Waals surface area contributed by atoms with E-state index < -0.39 is 0 Å². The second kappa shape index (κ2) is 5.77. The zero-order valence-electron chi connectivity index (χ0n) is 12.9. The first kappa shape index (κ1) is 14.4. The van der Waals surface area contributed by atoms with Crippen molar-refractivity contribution in [1.82, 2.24) is 29.0 Å². The minimum Gasteiger partial charge on any atom is -0.340 e. The molecule has 7 nitrogen and oxygen atoms in total. The normalized spacial score (nSPS) is 18.7. The summed E-state index contributed by atoms with van der Waals surface area (Å²) >= 11 is 1.72. The van der Waals surface area contributed by atoms with Crippen molar-refractivity contribution in [3.05, 3.63) is 35.7 Å². The Morgan fingerprint density at radius 1 is 1.48 bits per heavy atom. The number of nitrogens with zero attached hydrogens (tertiary/aromatic N) is 6. The Labute approximate surface area is 137 Å². The number of aryl methyl sites for hydroxylation is 1. The van der Waals surface area contributed by atoms with Crippen molar-refractivity contribution in [3.63, 3.8) is 0 Å². The lowest BCUT2D eigenvalue weighted by atomic mass is 9.95. The van der Waals surface area contributed by atoms with Crippen LogP contribution in [0.4, 0.5) is 0 Å². The van der Waals surface area contributed by atoms with Crippen molar-refractivity contribution in [3.8, 4) is 0 Å². The summed E-state index contributed by atoms with van der Waals surface area (Å²) in [6, 6.07) is 0. The highest BCUT2D eigenvalue weighted by Gasteiger charge is 2.28. The predicted molar refractivity (Wildman–Crippen MR) is 86.4 cm³/mol. The summed E-state index contributed by atoms with van der Waals surface area (Å²) in [5.74, 6) is 1.42. The molecule has 0 aliphatic carbocycles. The quantitative estimate of drug-likeness (QED) is 0.733. The Kier molecular flexibility index (Phi) is 3.60. The minimum absolute atomic E-state index is 0.0959. The number of aromatic nitrogens is 5. The number of likely N-dealkylation sites (tertiary alicyclic amines) is 1. The van der Waals surface area contributed by atoms with Crippen LogP contribution in [0, 0.1) is 6.92 Å². The molecule has 0 radical (unpaired) electrons. The molecule has 4 rings (SSSR count).